The fraction of sp³-hybridized carbons (Fsp3) is 0.375. The molecule has 90 valence electrons. The van der Waals surface area contributed by atoms with Gasteiger partial charge in [-0.05, 0) is 55.4 Å². The number of hydrogen-bond acceptors (Lipinski definition) is 1. The SMILES string of the molecule is C=CC1CC1c1cc(/C=C\C)c(OC)cc1C. The van der Waals surface area contributed by atoms with Crippen LogP contribution in [0.5, 0.6) is 5.75 Å². The maximum Gasteiger partial charge on any atom is 0.126 e. The second-order valence-electron chi connectivity index (χ2n) is 4.69. The van der Waals surface area contributed by atoms with Crippen LogP contribution in [-0.2, 0) is 0 Å². The van der Waals surface area contributed by atoms with E-state index in [1.54, 1.807) is 7.11 Å². The molecule has 0 bridgehead atoms. The average molecular weight is 228 g/mol. The molecule has 1 nitrogen and oxygen atoms in total. The monoisotopic (exact) mass is 228 g/mol. The maximum absolute atomic E-state index is 5.42. The van der Waals surface area contributed by atoms with E-state index >= 15 is 0 Å². The number of hydrogen-bond donors (Lipinski definition) is 0. The summed E-state index contributed by atoms with van der Waals surface area (Å²) in [6, 6.07) is 4.41. The average Bonchev–Trinajstić information content (AvgIpc) is 3.10. The highest BCUT2D eigenvalue weighted by Gasteiger charge is 2.36. The molecule has 0 amide bonds. The van der Waals surface area contributed by atoms with Crippen molar-refractivity contribution >= 4 is 6.08 Å². The van der Waals surface area contributed by atoms with Crippen LogP contribution in [0, 0.1) is 12.8 Å². The molecule has 1 aromatic carbocycles. The molecule has 1 aliphatic carbocycles. The molecule has 1 aliphatic rings. The zero-order valence-corrected chi connectivity index (χ0v) is 10.9. The lowest BCUT2D eigenvalue weighted by atomic mass is 9.98. The van der Waals surface area contributed by atoms with Crippen molar-refractivity contribution < 1.29 is 4.74 Å². The first-order valence-electron chi connectivity index (χ1n) is 6.15. The highest BCUT2D eigenvalue weighted by molar-refractivity contribution is 5.60. The van der Waals surface area contributed by atoms with Gasteiger partial charge in [-0.15, -0.1) is 6.58 Å². The number of aryl methyl sites for hydroxylation is 1. The summed E-state index contributed by atoms with van der Waals surface area (Å²) in [5.74, 6) is 2.29. The zero-order valence-electron chi connectivity index (χ0n) is 10.9. The predicted molar refractivity (Wildman–Crippen MR) is 73.5 cm³/mol. The van der Waals surface area contributed by atoms with Gasteiger partial charge in [-0.2, -0.15) is 0 Å². The highest BCUT2D eigenvalue weighted by atomic mass is 16.5. The van der Waals surface area contributed by atoms with Gasteiger partial charge in [0.1, 0.15) is 5.75 Å². The molecule has 0 aromatic heterocycles. The van der Waals surface area contributed by atoms with Gasteiger partial charge in [0, 0.05) is 5.56 Å². The summed E-state index contributed by atoms with van der Waals surface area (Å²) in [5, 5.41) is 0. The molecule has 2 rings (SSSR count). The van der Waals surface area contributed by atoms with Crippen LogP contribution in [-0.4, -0.2) is 7.11 Å². The summed E-state index contributed by atoms with van der Waals surface area (Å²) in [4.78, 5) is 0. The molecule has 0 spiro atoms. The Hall–Kier alpha value is -1.50. The van der Waals surface area contributed by atoms with Crippen LogP contribution in [0.3, 0.4) is 0 Å². The Morgan fingerprint density at radius 1 is 1.41 bits per heavy atom. The Morgan fingerprint density at radius 3 is 2.71 bits per heavy atom. The summed E-state index contributed by atoms with van der Waals surface area (Å²) in [6.45, 7) is 8.07. The van der Waals surface area contributed by atoms with E-state index in [1.807, 2.05) is 6.92 Å². The second kappa shape index (κ2) is 4.79. The Morgan fingerprint density at radius 2 is 2.18 bits per heavy atom. The van der Waals surface area contributed by atoms with E-state index in [0.29, 0.717) is 11.8 Å². The molecule has 0 aliphatic heterocycles. The van der Waals surface area contributed by atoms with Gasteiger partial charge in [0.2, 0.25) is 0 Å². The van der Waals surface area contributed by atoms with Crippen molar-refractivity contribution in [1.82, 2.24) is 0 Å². The quantitative estimate of drug-likeness (QED) is 0.697. The van der Waals surface area contributed by atoms with Crippen LogP contribution < -0.4 is 4.74 Å². The number of ether oxygens (including phenoxy) is 1. The van der Waals surface area contributed by atoms with Crippen molar-refractivity contribution in [2.45, 2.75) is 26.2 Å². The first-order chi connectivity index (χ1) is 8.21. The van der Waals surface area contributed by atoms with Crippen molar-refractivity contribution in [1.29, 1.82) is 0 Å². The molecule has 0 saturated heterocycles. The van der Waals surface area contributed by atoms with Gasteiger partial charge in [0.25, 0.3) is 0 Å². The Balaban J connectivity index is 2.40. The topological polar surface area (TPSA) is 9.23 Å². The van der Waals surface area contributed by atoms with Crippen molar-refractivity contribution in [2.24, 2.45) is 5.92 Å². The number of rotatable bonds is 4. The highest BCUT2D eigenvalue weighted by Crippen LogP contribution is 2.50. The largest absolute Gasteiger partial charge is 0.496 e. The van der Waals surface area contributed by atoms with Crippen molar-refractivity contribution in [3.05, 3.63) is 47.6 Å². The molecule has 0 heterocycles. The third-order valence-electron chi connectivity index (χ3n) is 3.51. The van der Waals surface area contributed by atoms with E-state index in [9.17, 15) is 0 Å². The molecular formula is C16H20O. The molecule has 2 atom stereocenters. The Bertz CT molecular complexity index is 457. The lowest BCUT2D eigenvalue weighted by Crippen LogP contribution is -1.94. The second-order valence-corrected chi connectivity index (χ2v) is 4.69. The number of methoxy groups -OCH3 is 1. The summed E-state index contributed by atoms with van der Waals surface area (Å²) in [5.41, 5.74) is 3.94. The van der Waals surface area contributed by atoms with E-state index in [-0.39, 0.29) is 0 Å². The minimum Gasteiger partial charge on any atom is -0.496 e. The summed E-state index contributed by atoms with van der Waals surface area (Å²) >= 11 is 0. The molecule has 17 heavy (non-hydrogen) atoms. The fourth-order valence-electron chi connectivity index (χ4n) is 2.43. The molecule has 2 unspecified atom stereocenters. The van der Waals surface area contributed by atoms with Crippen LogP contribution in [0.2, 0.25) is 0 Å². The van der Waals surface area contributed by atoms with Crippen molar-refractivity contribution in [2.75, 3.05) is 7.11 Å². The van der Waals surface area contributed by atoms with E-state index in [0.717, 1.165) is 5.75 Å². The Kier molecular flexibility index (Phi) is 3.37. The van der Waals surface area contributed by atoms with Gasteiger partial charge in [0.05, 0.1) is 7.11 Å². The summed E-state index contributed by atoms with van der Waals surface area (Å²) in [6.07, 6.45) is 7.47. The molecule has 1 fully saturated rings. The molecule has 0 N–H and O–H groups in total. The lowest BCUT2D eigenvalue weighted by Gasteiger charge is -2.11. The van der Waals surface area contributed by atoms with Gasteiger partial charge < -0.3 is 4.74 Å². The minimum absolute atomic E-state index is 0.667. The van der Waals surface area contributed by atoms with Gasteiger partial charge in [-0.3, -0.25) is 0 Å². The summed E-state index contributed by atoms with van der Waals surface area (Å²) in [7, 11) is 1.73. The summed E-state index contributed by atoms with van der Waals surface area (Å²) < 4.78 is 5.42. The molecular weight excluding hydrogens is 208 g/mol. The molecule has 1 saturated carbocycles. The van der Waals surface area contributed by atoms with Crippen LogP contribution in [0.25, 0.3) is 6.08 Å². The van der Waals surface area contributed by atoms with Gasteiger partial charge in [-0.25, -0.2) is 0 Å². The normalized spacial score (nSPS) is 22.8. The molecule has 1 aromatic rings. The number of benzene rings is 1. The van der Waals surface area contributed by atoms with Crippen LogP contribution in [0.4, 0.5) is 0 Å². The van der Waals surface area contributed by atoms with Gasteiger partial charge in [-0.1, -0.05) is 18.2 Å². The first kappa shape index (κ1) is 12.0. The van der Waals surface area contributed by atoms with E-state index in [4.69, 9.17) is 4.74 Å². The third kappa shape index (κ3) is 2.28. The zero-order chi connectivity index (χ0) is 12.4. The standard InChI is InChI=1S/C16H20O/c1-5-7-13-10-14(15-9-12(15)6-2)11(3)8-16(13)17-4/h5-8,10,12,15H,2,9H2,1,3-4H3/b7-5-. The minimum atomic E-state index is 0.667. The van der Waals surface area contributed by atoms with Gasteiger partial charge in [0.15, 0.2) is 0 Å². The smallest absolute Gasteiger partial charge is 0.126 e. The predicted octanol–water partition coefficient (Wildman–Crippen LogP) is 4.33. The molecule has 0 radical (unpaired) electrons. The lowest BCUT2D eigenvalue weighted by molar-refractivity contribution is 0.413. The number of allylic oxidation sites excluding steroid dienone is 2. The maximum atomic E-state index is 5.42. The van der Waals surface area contributed by atoms with Crippen LogP contribution in [0.15, 0.2) is 30.9 Å². The van der Waals surface area contributed by atoms with E-state index in [1.165, 1.54) is 23.1 Å². The Labute approximate surface area is 104 Å². The molecule has 1 heteroatoms. The van der Waals surface area contributed by atoms with Crippen molar-refractivity contribution in [3.8, 4) is 5.75 Å². The van der Waals surface area contributed by atoms with E-state index < -0.39 is 0 Å². The van der Waals surface area contributed by atoms with Crippen LogP contribution in [0.1, 0.15) is 36.0 Å². The van der Waals surface area contributed by atoms with E-state index in [2.05, 4.69) is 43.9 Å². The first-order valence-corrected chi connectivity index (χ1v) is 6.15. The third-order valence-corrected chi connectivity index (χ3v) is 3.51. The van der Waals surface area contributed by atoms with Crippen molar-refractivity contribution in [3.63, 3.8) is 0 Å². The van der Waals surface area contributed by atoms with Crippen LogP contribution >= 0.6 is 0 Å². The fourth-order valence-corrected chi connectivity index (χ4v) is 2.43. The van der Waals surface area contributed by atoms with Gasteiger partial charge >= 0.3 is 0 Å².